The maximum absolute atomic E-state index is 14.6. The van der Waals surface area contributed by atoms with Crippen LogP contribution in [0.2, 0.25) is 0 Å². The molecule has 18 heteroatoms. The number of ether oxygens (including phenoxy) is 6. The standard InChI is InChI=1S/C64H67F9O9/c1-5-54(81-57(75)60(78-3,63(68,69)70)52-43-33-29-34-44-52)47-37-24-21-19-17-15-13-11-9-7-6-8-10-12-14-16-18-20-22-25-38-48-55(82-58(76)61(79-4,64(71,72)73)53-45-35-30-36-46-53)49-39-26-23-27-40-50-80-56(74)59(77-2,62(65,66)67)51-41-31-28-32-42-51/h1,6,8,28-37,41-47,54-55H,7,9,11,13-22,24-25,38,48,50H2,2-4H3/b8-6-,47-37+/t54-,55-,59-,60+,61-/m0/s1. The lowest BCUT2D eigenvalue weighted by molar-refractivity contribution is -0.278. The van der Waals surface area contributed by atoms with Crippen LogP contribution in [0.3, 0.4) is 0 Å². The number of allylic oxidation sites excluding steroid dienone is 3. The van der Waals surface area contributed by atoms with Crippen molar-refractivity contribution < 1.29 is 82.3 Å². The third kappa shape index (κ3) is 20.2. The van der Waals surface area contributed by atoms with E-state index < -0.39 is 88.7 Å². The third-order valence-corrected chi connectivity index (χ3v) is 12.8. The number of carbonyl (C=O) groups excluding carboxylic acids is 3. The van der Waals surface area contributed by atoms with Gasteiger partial charge in [0, 0.05) is 44.4 Å². The van der Waals surface area contributed by atoms with Gasteiger partial charge in [-0.15, -0.1) is 6.42 Å². The van der Waals surface area contributed by atoms with Gasteiger partial charge in [-0.25, -0.2) is 14.4 Å². The molecule has 0 aliphatic rings. The molecule has 3 rings (SSSR count). The molecule has 82 heavy (non-hydrogen) atoms. The van der Waals surface area contributed by atoms with E-state index in [1.807, 2.05) is 12.2 Å². The minimum absolute atomic E-state index is 0.0586. The summed E-state index contributed by atoms with van der Waals surface area (Å²) in [6.45, 7) is -0.796. The molecule has 0 amide bonds. The SMILES string of the molecule is C#C[C@@H](/C=C/CCCCCCCCC/C=C\C#CCCCCCCCC[C@@H](C#CC#CC#CCOC(=O)[C@@](OC)(c1ccccc1)C(F)(F)F)OC(=O)[C@@](OC)(c1ccccc1)C(F)(F)F)OC(=O)[C@](OC)(c1ccccc1)C(F)(F)F. The number of hydrogen-bond acceptors (Lipinski definition) is 9. The molecule has 0 spiro atoms. The first-order chi connectivity index (χ1) is 39.2. The van der Waals surface area contributed by atoms with E-state index in [1.165, 1.54) is 60.7 Å². The number of halogens is 9. The second kappa shape index (κ2) is 35.5. The van der Waals surface area contributed by atoms with Crippen molar-refractivity contribution in [3.05, 3.63) is 132 Å². The molecule has 0 heterocycles. The highest BCUT2D eigenvalue weighted by molar-refractivity contribution is 5.84. The van der Waals surface area contributed by atoms with E-state index >= 15 is 0 Å². The van der Waals surface area contributed by atoms with E-state index in [-0.39, 0.29) is 6.42 Å². The lowest BCUT2D eigenvalue weighted by Gasteiger charge is -2.33. The lowest BCUT2D eigenvalue weighted by Crippen LogP contribution is -2.52. The Labute approximate surface area is 475 Å². The zero-order valence-corrected chi connectivity index (χ0v) is 46.0. The van der Waals surface area contributed by atoms with E-state index in [2.05, 4.69) is 58.0 Å². The monoisotopic (exact) mass is 1150 g/mol. The Hall–Kier alpha value is -7.40. The van der Waals surface area contributed by atoms with Gasteiger partial charge in [0.25, 0.3) is 16.8 Å². The molecule has 3 aromatic carbocycles. The smallest absolute Gasteiger partial charge is 0.432 e. The molecule has 5 atom stereocenters. The topological polar surface area (TPSA) is 107 Å². The van der Waals surface area contributed by atoms with Crippen molar-refractivity contribution >= 4 is 17.9 Å². The van der Waals surface area contributed by atoms with E-state index in [1.54, 1.807) is 6.08 Å². The minimum atomic E-state index is -5.22. The van der Waals surface area contributed by atoms with Crippen molar-refractivity contribution in [3.63, 3.8) is 0 Å². The molecule has 0 aliphatic heterocycles. The van der Waals surface area contributed by atoms with Crippen LogP contribution in [-0.4, -0.2) is 76.6 Å². The van der Waals surface area contributed by atoms with Gasteiger partial charge in [-0.3, -0.25) is 0 Å². The molecule has 0 fully saturated rings. The van der Waals surface area contributed by atoms with Crippen molar-refractivity contribution in [2.75, 3.05) is 27.9 Å². The Balaban J connectivity index is 1.38. The molecule has 0 N–H and O–H groups in total. The molecule has 3 aromatic rings. The Morgan fingerprint density at radius 3 is 1.38 bits per heavy atom. The number of rotatable bonds is 31. The number of alkyl halides is 9. The molecule has 0 saturated heterocycles. The number of methoxy groups -OCH3 is 3. The Bertz CT molecular complexity index is 2800. The number of benzene rings is 3. The van der Waals surface area contributed by atoms with Gasteiger partial charge < -0.3 is 28.4 Å². The summed E-state index contributed by atoms with van der Waals surface area (Å²) in [6, 6.07) is 19.0. The number of unbranched alkanes of at least 4 members (excludes halogenated alkanes) is 14. The molecule has 0 radical (unpaired) electrons. The van der Waals surface area contributed by atoms with E-state index in [9.17, 15) is 53.9 Å². The Kier molecular flexibility index (Phi) is 29.8. The first kappa shape index (κ1) is 68.9. The van der Waals surface area contributed by atoms with Crippen molar-refractivity contribution in [2.24, 2.45) is 0 Å². The largest absolute Gasteiger partial charge is 0.450 e. The van der Waals surface area contributed by atoms with Gasteiger partial charge >= 0.3 is 36.4 Å². The molecule has 440 valence electrons. The molecular weight excluding hydrogens is 1080 g/mol. The van der Waals surface area contributed by atoms with Crippen LogP contribution in [0.1, 0.15) is 126 Å². The zero-order chi connectivity index (χ0) is 60.4. The Morgan fingerprint density at radius 1 is 0.500 bits per heavy atom. The predicted octanol–water partition coefficient (Wildman–Crippen LogP) is 14.1. The number of terminal acetylenes is 1. The highest BCUT2D eigenvalue weighted by Gasteiger charge is 2.66. The van der Waals surface area contributed by atoms with E-state index in [4.69, 9.17) is 30.1 Å². The van der Waals surface area contributed by atoms with Gasteiger partial charge in [-0.05, 0) is 92.6 Å². The number of esters is 3. The fourth-order valence-electron chi connectivity index (χ4n) is 8.48. The van der Waals surface area contributed by atoms with Crippen LogP contribution in [0.5, 0.6) is 0 Å². The van der Waals surface area contributed by atoms with Crippen LogP contribution in [0.15, 0.2) is 115 Å². The van der Waals surface area contributed by atoms with Crippen LogP contribution in [-0.2, 0) is 59.6 Å². The maximum atomic E-state index is 14.6. The highest BCUT2D eigenvalue weighted by atomic mass is 19.4. The normalized spacial score (nSPS) is 14.5. The molecular formula is C64H67F9O9. The molecule has 0 saturated carbocycles. The van der Waals surface area contributed by atoms with Gasteiger partial charge in [-0.1, -0.05) is 179 Å². The minimum Gasteiger partial charge on any atom is -0.450 e. The second-order valence-corrected chi connectivity index (χ2v) is 18.4. The molecule has 9 nitrogen and oxygen atoms in total. The molecule has 0 bridgehead atoms. The van der Waals surface area contributed by atoms with Crippen molar-refractivity contribution in [1.82, 2.24) is 0 Å². The summed E-state index contributed by atoms with van der Waals surface area (Å²) < 4.78 is 158. The second-order valence-electron chi connectivity index (χ2n) is 18.4. The third-order valence-electron chi connectivity index (χ3n) is 12.8. The average Bonchev–Trinajstić information content (AvgIpc) is 3.27. The van der Waals surface area contributed by atoms with Crippen LogP contribution < -0.4 is 0 Å². The van der Waals surface area contributed by atoms with Crippen LogP contribution in [0.4, 0.5) is 39.5 Å². The van der Waals surface area contributed by atoms with Crippen LogP contribution in [0.25, 0.3) is 0 Å². The molecule has 0 aromatic heterocycles. The number of hydrogen-bond donors (Lipinski definition) is 0. The van der Waals surface area contributed by atoms with Gasteiger partial charge in [0.05, 0.1) is 0 Å². The van der Waals surface area contributed by atoms with Gasteiger partial charge in [-0.2, -0.15) is 39.5 Å². The quantitative estimate of drug-likeness (QED) is 0.0155. The summed E-state index contributed by atoms with van der Waals surface area (Å²) in [6.07, 6.45) is 8.14. The van der Waals surface area contributed by atoms with E-state index in [0.29, 0.717) is 25.7 Å². The van der Waals surface area contributed by atoms with Crippen molar-refractivity contribution in [1.29, 1.82) is 0 Å². The first-order valence-electron chi connectivity index (χ1n) is 26.6. The van der Waals surface area contributed by atoms with Crippen LogP contribution in [0, 0.1) is 59.7 Å². The summed E-state index contributed by atoms with van der Waals surface area (Å²) in [5.74, 6) is 17.4. The van der Waals surface area contributed by atoms with E-state index in [0.717, 1.165) is 135 Å². The summed E-state index contributed by atoms with van der Waals surface area (Å²) in [7, 11) is 2.26. The zero-order valence-electron chi connectivity index (χ0n) is 46.0. The van der Waals surface area contributed by atoms with Gasteiger partial charge in [0.2, 0.25) is 0 Å². The summed E-state index contributed by atoms with van der Waals surface area (Å²) in [5.41, 5.74) is -11.6. The van der Waals surface area contributed by atoms with Gasteiger partial charge in [0.15, 0.2) is 18.8 Å². The average molecular weight is 1150 g/mol. The molecule has 0 aliphatic carbocycles. The Morgan fingerprint density at radius 2 is 0.915 bits per heavy atom. The fraction of sp³-hybridized carbons (Fsp3) is 0.453. The van der Waals surface area contributed by atoms with Crippen LogP contribution >= 0.6 is 0 Å². The molecule has 0 unspecified atom stereocenters. The summed E-state index contributed by atoms with van der Waals surface area (Å²) >= 11 is 0. The van der Waals surface area contributed by atoms with Crippen molar-refractivity contribution in [3.8, 4) is 59.7 Å². The predicted molar refractivity (Wildman–Crippen MR) is 291 cm³/mol. The first-order valence-corrected chi connectivity index (χ1v) is 26.6. The highest BCUT2D eigenvalue weighted by Crippen LogP contribution is 2.45. The number of carbonyl (C=O) groups is 3. The van der Waals surface area contributed by atoms with Gasteiger partial charge in [0.1, 0.15) is 0 Å². The summed E-state index contributed by atoms with van der Waals surface area (Å²) in [4.78, 5) is 39.0. The maximum Gasteiger partial charge on any atom is 0.432 e. The summed E-state index contributed by atoms with van der Waals surface area (Å²) in [5, 5.41) is 0. The fourth-order valence-corrected chi connectivity index (χ4v) is 8.48. The van der Waals surface area contributed by atoms with Crippen molar-refractivity contribution in [2.45, 2.75) is 157 Å². The lowest BCUT2D eigenvalue weighted by atomic mass is 9.92.